The Bertz CT molecular complexity index is 313. The summed E-state index contributed by atoms with van der Waals surface area (Å²) < 4.78 is 1.04. The fourth-order valence-corrected chi connectivity index (χ4v) is 2.09. The van der Waals surface area contributed by atoms with Gasteiger partial charge < -0.3 is 4.90 Å². The van der Waals surface area contributed by atoms with Crippen LogP contribution in [-0.4, -0.2) is 18.1 Å². The highest BCUT2D eigenvalue weighted by Crippen LogP contribution is 2.20. The van der Waals surface area contributed by atoms with Gasteiger partial charge in [0.25, 0.3) is 0 Å². The van der Waals surface area contributed by atoms with Crippen molar-refractivity contribution in [2.24, 2.45) is 11.8 Å². The van der Waals surface area contributed by atoms with Crippen molar-refractivity contribution in [2.45, 2.75) is 27.7 Å². The highest BCUT2D eigenvalue weighted by atomic mass is 79.9. The molecule has 0 aliphatic heterocycles. The van der Waals surface area contributed by atoms with Gasteiger partial charge in [0.15, 0.2) is 0 Å². The van der Waals surface area contributed by atoms with Crippen LogP contribution in [0.25, 0.3) is 0 Å². The molecule has 0 saturated carbocycles. The number of pyridine rings is 1. The zero-order valence-corrected chi connectivity index (χ0v) is 12.2. The average molecular weight is 285 g/mol. The average Bonchev–Trinajstić information content (AvgIpc) is 2.15. The Morgan fingerprint density at radius 2 is 1.69 bits per heavy atom. The first-order valence-corrected chi connectivity index (χ1v) is 6.64. The second-order valence-electron chi connectivity index (χ2n) is 5.05. The van der Waals surface area contributed by atoms with Crippen LogP contribution in [-0.2, 0) is 0 Å². The minimum Gasteiger partial charge on any atom is -0.370 e. The van der Waals surface area contributed by atoms with Gasteiger partial charge in [0.05, 0.1) is 11.9 Å². The van der Waals surface area contributed by atoms with Gasteiger partial charge in [-0.2, -0.15) is 0 Å². The Hall–Kier alpha value is -0.570. The topological polar surface area (TPSA) is 16.1 Å². The molecule has 1 aromatic rings. The maximum atomic E-state index is 4.23. The Labute approximate surface area is 107 Å². The summed E-state index contributed by atoms with van der Waals surface area (Å²) in [5.74, 6) is 1.33. The molecule has 0 amide bonds. The van der Waals surface area contributed by atoms with Crippen LogP contribution in [0.4, 0.5) is 5.69 Å². The smallest absolute Gasteiger partial charge is 0.0564 e. The normalized spacial score (nSPS) is 11.2. The number of aromatic nitrogens is 1. The lowest BCUT2D eigenvalue weighted by Crippen LogP contribution is -2.31. The molecule has 90 valence electrons. The number of hydrogen-bond acceptors (Lipinski definition) is 2. The van der Waals surface area contributed by atoms with E-state index in [0.29, 0.717) is 11.8 Å². The lowest BCUT2D eigenvalue weighted by atomic mass is 10.1. The Morgan fingerprint density at radius 3 is 2.12 bits per heavy atom. The summed E-state index contributed by atoms with van der Waals surface area (Å²) >= 11 is 3.47. The van der Waals surface area contributed by atoms with Crippen LogP contribution in [0.15, 0.2) is 22.9 Å². The quantitative estimate of drug-likeness (QED) is 0.814. The summed E-state index contributed by atoms with van der Waals surface area (Å²) in [6, 6.07) is 2.14. The van der Waals surface area contributed by atoms with E-state index in [-0.39, 0.29) is 0 Å². The van der Waals surface area contributed by atoms with Crippen LogP contribution in [0.1, 0.15) is 27.7 Å². The van der Waals surface area contributed by atoms with Gasteiger partial charge in [0.1, 0.15) is 0 Å². The molecule has 1 rings (SSSR count). The monoisotopic (exact) mass is 284 g/mol. The number of rotatable bonds is 5. The van der Waals surface area contributed by atoms with E-state index in [1.54, 1.807) is 0 Å². The first kappa shape index (κ1) is 13.5. The van der Waals surface area contributed by atoms with Gasteiger partial charge in [0.2, 0.25) is 0 Å². The molecule has 0 bridgehead atoms. The van der Waals surface area contributed by atoms with Crippen molar-refractivity contribution in [3.63, 3.8) is 0 Å². The summed E-state index contributed by atoms with van der Waals surface area (Å²) in [5.41, 5.74) is 1.21. The molecule has 2 nitrogen and oxygen atoms in total. The predicted octanol–water partition coefficient (Wildman–Crippen LogP) is 3.96. The molecular formula is C13H21BrN2. The van der Waals surface area contributed by atoms with Gasteiger partial charge in [-0.3, -0.25) is 4.98 Å². The third-order valence-corrected chi connectivity index (χ3v) is 2.66. The third kappa shape index (κ3) is 4.52. The number of anilines is 1. The molecule has 0 unspecified atom stereocenters. The van der Waals surface area contributed by atoms with E-state index in [9.17, 15) is 0 Å². The minimum absolute atomic E-state index is 0.665. The molecule has 0 atom stereocenters. The van der Waals surface area contributed by atoms with Crippen LogP contribution >= 0.6 is 15.9 Å². The Kier molecular flexibility index (Phi) is 5.26. The molecule has 0 radical (unpaired) electrons. The summed E-state index contributed by atoms with van der Waals surface area (Å²) in [6.07, 6.45) is 3.77. The largest absolute Gasteiger partial charge is 0.370 e. The van der Waals surface area contributed by atoms with Crippen molar-refractivity contribution in [1.82, 2.24) is 4.98 Å². The summed E-state index contributed by atoms with van der Waals surface area (Å²) in [6.45, 7) is 11.2. The SMILES string of the molecule is CC(C)CN(CC(C)C)c1cncc(Br)c1. The molecule has 0 fully saturated rings. The molecule has 16 heavy (non-hydrogen) atoms. The fourth-order valence-electron chi connectivity index (χ4n) is 1.74. The Morgan fingerprint density at radius 1 is 1.12 bits per heavy atom. The maximum absolute atomic E-state index is 4.23. The van der Waals surface area contributed by atoms with Gasteiger partial charge in [-0.05, 0) is 33.8 Å². The highest BCUT2D eigenvalue weighted by Gasteiger charge is 2.10. The van der Waals surface area contributed by atoms with Gasteiger partial charge in [0, 0.05) is 23.8 Å². The van der Waals surface area contributed by atoms with Crippen molar-refractivity contribution in [3.05, 3.63) is 22.9 Å². The lowest BCUT2D eigenvalue weighted by molar-refractivity contribution is 0.552. The van der Waals surface area contributed by atoms with E-state index in [4.69, 9.17) is 0 Å². The van der Waals surface area contributed by atoms with Crippen molar-refractivity contribution in [3.8, 4) is 0 Å². The van der Waals surface area contributed by atoms with Crippen LogP contribution in [0, 0.1) is 11.8 Å². The van der Waals surface area contributed by atoms with Gasteiger partial charge in [-0.15, -0.1) is 0 Å². The number of nitrogens with zero attached hydrogens (tertiary/aromatic N) is 2. The van der Waals surface area contributed by atoms with Crippen molar-refractivity contribution >= 4 is 21.6 Å². The zero-order chi connectivity index (χ0) is 12.1. The van der Waals surface area contributed by atoms with E-state index in [1.807, 2.05) is 12.4 Å². The van der Waals surface area contributed by atoms with E-state index < -0.39 is 0 Å². The lowest BCUT2D eigenvalue weighted by Gasteiger charge is -2.28. The second-order valence-corrected chi connectivity index (χ2v) is 5.97. The maximum Gasteiger partial charge on any atom is 0.0564 e. The molecule has 0 aliphatic rings. The first-order chi connectivity index (χ1) is 7.49. The molecule has 1 heterocycles. The van der Waals surface area contributed by atoms with E-state index >= 15 is 0 Å². The zero-order valence-electron chi connectivity index (χ0n) is 10.6. The summed E-state index contributed by atoms with van der Waals surface area (Å²) in [5, 5.41) is 0. The molecule has 0 spiro atoms. The van der Waals surface area contributed by atoms with Crippen molar-refractivity contribution in [2.75, 3.05) is 18.0 Å². The molecule has 1 aromatic heterocycles. The first-order valence-electron chi connectivity index (χ1n) is 5.84. The van der Waals surface area contributed by atoms with Crippen LogP contribution in [0.5, 0.6) is 0 Å². The number of hydrogen-bond donors (Lipinski definition) is 0. The van der Waals surface area contributed by atoms with Crippen molar-refractivity contribution < 1.29 is 0 Å². The second kappa shape index (κ2) is 6.24. The standard InChI is InChI=1S/C13H21BrN2/c1-10(2)8-16(9-11(3)4)13-5-12(14)6-15-7-13/h5-7,10-11H,8-9H2,1-4H3. The van der Waals surface area contributed by atoms with E-state index in [1.165, 1.54) is 5.69 Å². The molecule has 0 aliphatic carbocycles. The minimum atomic E-state index is 0.665. The third-order valence-electron chi connectivity index (χ3n) is 2.23. The molecule has 0 N–H and O–H groups in total. The van der Waals surface area contributed by atoms with Gasteiger partial charge >= 0.3 is 0 Å². The van der Waals surface area contributed by atoms with E-state index in [0.717, 1.165) is 17.6 Å². The van der Waals surface area contributed by atoms with Gasteiger partial charge in [-0.25, -0.2) is 0 Å². The fraction of sp³-hybridized carbons (Fsp3) is 0.615. The molecular weight excluding hydrogens is 264 g/mol. The molecule has 3 heteroatoms. The predicted molar refractivity (Wildman–Crippen MR) is 73.8 cm³/mol. The molecule has 0 aromatic carbocycles. The van der Waals surface area contributed by atoms with Crippen LogP contribution < -0.4 is 4.90 Å². The highest BCUT2D eigenvalue weighted by molar-refractivity contribution is 9.10. The summed E-state index contributed by atoms with van der Waals surface area (Å²) in [7, 11) is 0. The van der Waals surface area contributed by atoms with Gasteiger partial charge in [-0.1, -0.05) is 27.7 Å². The molecule has 0 saturated heterocycles. The summed E-state index contributed by atoms with van der Waals surface area (Å²) in [4.78, 5) is 6.64. The number of halogens is 1. The van der Waals surface area contributed by atoms with Crippen LogP contribution in [0.3, 0.4) is 0 Å². The van der Waals surface area contributed by atoms with Crippen LogP contribution in [0.2, 0.25) is 0 Å². The Balaban J connectivity index is 2.82. The van der Waals surface area contributed by atoms with E-state index in [2.05, 4.69) is 59.6 Å². The van der Waals surface area contributed by atoms with Crippen molar-refractivity contribution in [1.29, 1.82) is 0 Å².